The molecular weight excluding hydrogens is 370 g/mol. The highest BCUT2D eigenvalue weighted by Gasteiger charge is 2.15. The third-order valence-electron chi connectivity index (χ3n) is 2.97. The van der Waals surface area contributed by atoms with Crippen molar-refractivity contribution in [2.75, 3.05) is 6.54 Å². The molecule has 21 heavy (non-hydrogen) atoms. The minimum absolute atomic E-state index is 0.000505. The van der Waals surface area contributed by atoms with Crippen molar-refractivity contribution >= 4 is 44.8 Å². The number of benzene rings is 1. The van der Waals surface area contributed by atoms with Crippen LogP contribution in [0.3, 0.4) is 0 Å². The molecule has 0 bridgehead atoms. The summed E-state index contributed by atoms with van der Waals surface area (Å²) in [6.07, 6.45) is 1.74. The molecule has 0 radical (unpaired) electrons. The van der Waals surface area contributed by atoms with E-state index in [0.717, 1.165) is 20.1 Å². The molecule has 5 heteroatoms. The molecule has 0 aliphatic heterocycles. The van der Waals surface area contributed by atoms with Gasteiger partial charge in [-0.3, -0.25) is 4.79 Å². The summed E-state index contributed by atoms with van der Waals surface area (Å²) in [5.74, 6) is 0.000505. The molecule has 1 heterocycles. The molecule has 2 aromatic rings. The molecule has 0 N–H and O–H groups in total. The molecule has 110 valence electrons. The topological polar surface area (TPSA) is 20.3 Å². The molecule has 0 aliphatic carbocycles. The standard InChI is InChI=1S/C16H15BrClNOS/c1-2-9-19(11-14-7-8-15(18)21-14)16(20)13-5-3-12(10-17)4-6-13/h2-8H,1,9-11H2. The molecule has 0 saturated heterocycles. The van der Waals surface area contributed by atoms with E-state index in [1.807, 2.05) is 36.4 Å². The van der Waals surface area contributed by atoms with Crippen molar-refractivity contribution in [3.8, 4) is 0 Å². The molecular formula is C16H15BrClNOS. The lowest BCUT2D eigenvalue weighted by molar-refractivity contribution is 0.0764. The van der Waals surface area contributed by atoms with Crippen molar-refractivity contribution in [2.24, 2.45) is 0 Å². The van der Waals surface area contributed by atoms with Crippen LogP contribution in [0, 0.1) is 0 Å². The Bertz CT molecular complexity index is 623. The zero-order valence-electron chi connectivity index (χ0n) is 11.4. The fourth-order valence-electron chi connectivity index (χ4n) is 1.92. The maximum absolute atomic E-state index is 12.6. The quantitative estimate of drug-likeness (QED) is 0.500. The van der Waals surface area contributed by atoms with Gasteiger partial charge in [0.1, 0.15) is 0 Å². The van der Waals surface area contributed by atoms with Crippen LogP contribution in [0.1, 0.15) is 20.8 Å². The van der Waals surface area contributed by atoms with Gasteiger partial charge in [0, 0.05) is 22.3 Å². The number of carbonyl (C=O) groups is 1. The second kappa shape index (κ2) is 7.78. The summed E-state index contributed by atoms with van der Waals surface area (Å²) in [4.78, 5) is 15.4. The van der Waals surface area contributed by atoms with Crippen molar-refractivity contribution in [3.63, 3.8) is 0 Å². The molecule has 0 atom stereocenters. The van der Waals surface area contributed by atoms with Gasteiger partial charge in [0.15, 0.2) is 0 Å². The Balaban J connectivity index is 2.15. The molecule has 0 unspecified atom stereocenters. The molecule has 0 spiro atoms. The highest BCUT2D eigenvalue weighted by atomic mass is 79.9. The maximum atomic E-state index is 12.6. The second-order valence-electron chi connectivity index (χ2n) is 4.51. The van der Waals surface area contributed by atoms with Crippen LogP contribution in [0.15, 0.2) is 49.1 Å². The van der Waals surface area contributed by atoms with Crippen LogP contribution in [0.2, 0.25) is 4.34 Å². The minimum atomic E-state index is 0.000505. The first-order valence-corrected chi connectivity index (χ1v) is 8.75. The van der Waals surface area contributed by atoms with Gasteiger partial charge in [0.25, 0.3) is 5.91 Å². The largest absolute Gasteiger partial charge is 0.330 e. The smallest absolute Gasteiger partial charge is 0.254 e. The van der Waals surface area contributed by atoms with E-state index >= 15 is 0 Å². The number of nitrogens with zero attached hydrogens (tertiary/aromatic N) is 1. The molecule has 2 nitrogen and oxygen atoms in total. The fraction of sp³-hybridized carbons (Fsp3) is 0.188. The summed E-state index contributed by atoms with van der Waals surface area (Å²) in [6, 6.07) is 11.4. The van der Waals surface area contributed by atoms with Crippen molar-refractivity contribution in [2.45, 2.75) is 11.9 Å². The monoisotopic (exact) mass is 383 g/mol. The fourth-order valence-corrected chi connectivity index (χ4v) is 3.40. The summed E-state index contributed by atoms with van der Waals surface area (Å²) in [7, 11) is 0. The van der Waals surface area contributed by atoms with E-state index in [9.17, 15) is 4.79 Å². The van der Waals surface area contributed by atoms with Gasteiger partial charge in [-0.1, -0.05) is 45.7 Å². The maximum Gasteiger partial charge on any atom is 0.254 e. The van der Waals surface area contributed by atoms with E-state index in [1.165, 1.54) is 11.3 Å². The Labute approximate surface area is 142 Å². The number of thiophene rings is 1. The average molecular weight is 385 g/mol. The van der Waals surface area contributed by atoms with Crippen LogP contribution in [-0.2, 0) is 11.9 Å². The van der Waals surface area contributed by atoms with Crippen LogP contribution < -0.4 is 0 Å². The van der Waals surface area contributed by atoms with E-state index < -0.39 is 0 Å². The van der Waals surface area contributed by atoms with Gasteiger partial charge >= 0.3 is 0 Å². The van der Waals surface area contributed by atoms with Gasteiger partial charge in [0.05, 0.1) is 10.9 Å². The highest BCUT2D eigenvalue weighted by Crippen LogP contribution is 2.23. The van der Waals surface area contributed by atoms with Crippen molar-refractivity contribution in [1.82, 2.24) is 4.90 Å². The third-order valence-corrected chi connectivity index (χ3v) is 4.83. The average Bonchev–Trinajstić information content (AvgIpc) is 2.91. The van der Waals surface area contributed by atoms with Gasteiger partial charge in [-0.25, -0.2) is 0 Å². The Morgan fingerprint density at radius 1 is 1.29 bits per heavy atom. The summed E-state index contributed by atoms with van der Waals surface area (Å²) in [6.45, 7) is 4.78. The van der Waals surface area contributed by atoms with Gasteiger partial charge in [-0.05, 0) is 29.8 Å². The van der Waals surface area contributed by atoms with Gasteiger partial charge in [-0.2, -0.15) is 0 Å². The zero-order chi connectivity index (χ0) is 15.2. The number of amides is 1. The van der Waals surface area contributed by atoms with Crippen LogP contribution in [-0.4, -0.2) is 17.4 Å². The van der Waals surface area contributed by atoms with E-state index in [2.05, 4.69) is 22.5 Å². The van der Waals surface area contributed by atoms with Crippen LogP contribution in [0.25, 0.3) is 0 Å². The van der Waals surface area contributed by atoms with E-state index in [0.29, 0.717) is 18.7 Å². The molecule has 0 saturated carbocycles. The van der Waals surface area contributed by atoms with E-state index in [4.69, 9.17) is 11.6 Å². The van der Waals surface area contributed by atoms with Crippen molar-refractivity contribution in [3.05, 3.63) is 69.4 Å². The number of rotatable bonds is 6. The molecule has 1 aromatic heterocycles. The number of carbonyl (C=O) groups excluding carboxylic acids is 1. The lowest BCUT2D eigenvalue weighted by atomic mass is 10.1. The Kier molecular flexibility index (Phi) is 6.03. The SMILES string of the molecule is C=CCN(Cc1ccc(Cl)s1)C(=O)c1ccc(CBr)cc1. The summed E-state index contributed by atoms with van der Waals surface area (Å²) >= 11 is 10.8. The Morgan fingerprint density at radius 2 is 2.00 bits per heavy atom. The molecule has 0 fully saturated rings. The summed E-state index contributed by atoms with van der Waals surface area (Å²) in [5, 5.41) is 0.783. The molecule has 1 aromatic carbocycles. The van der Waals surface area contributed by atoms with E-state index in [-0.39, 0.29) is 5.91 Å². The first-order valence-electron chi connectivity index (χ1n) is 6.43. The van der Waals surface area contributed by atoms with Crippen LogP contribution in [0.4, 0.5) is 0 Å². The Hall–Kier alpha value is -1.10. The predicted molar refractivity (Wildman–Crippen MR) is 93.3 cm³/mol. The summed E-state index contributed by atoms with van der Waals surface area (Å²) in [5.41, 5.74) is 1.83. The van der Waals surface area contributed by atoms with Crippen LogP contribution in [0.5, 0.6) is 0 Å². The predicted octanol–water partition coefficient (Wildman–Crippen LogP) is 5.12. The first-order chi connectivity index (χ1) is 10.1. The molecule has 2 rings (SSSR count). The van der Waals surface area contributed by atoms with E-state index in [1.54, 1.807) is 11.0 Å². The first kappa shape index (κ1) is 16.3. The highest BCUT2D eigenvalue weighted by molar-refractivity contribution is 9.08. The van der Waals surface area contributed by atoms with Crippen molar-refractivity contribution < 1.29 is 4.79 Å². The normalized spacial score (nSPS) is 10.4. The summed E-state index contributed by atoms with van der Waals surface area (Å²) < 4.78 is 0.734. The van der Waals surface area contributed by atoms with Gasteiger partial charge < -0.3 is 4.90 Å². The zero-order valence-corrected chi connectivity index (χ0v) is 14.5. The van der Waals surface area contributed by atoms with Crippen LogP contribution >= 0.6 is 38.9 Å². The molecule has 1 amide bonds. The Morgan fingerprint density at radius 3 is 2.52 bits per heavy atom. The number of halogens is 2. The minimum Gasteiger partial charge on any atom is -0.330 e. The molecule has 0 aliphatic rings. The van der Waals surface area contributed by atoms with Crippen molar-refractivity contribution in [1.29, 1.82) is 0 Å². The number of hydrogen-bond donors (Lipinski definition) is 0. The number of hydrogen-bond acceptors (Lipinski definition) is 2. The number of alkyl halides is 1. The van der Waals surface area contributed by atoms with Gasteiger partial charge in [-0.15, -0.1) is 17.9 Å². The van der Waals surface area contributed by atoms with Gasteiger partial charge in [0.2, 0.25) is 0 Å². The lowest BCUT2D eigenvalue weighted by Gasteiger charge is -2.20. The third kappa shape index (κ3) is 4.43. The second-order valence-corrected chi connectivity index (χ2v) is 6.87. The lowest BCUT2D eigenvalue weighted by Crippen LogP contribution is -2.30.